The Kier molecular flexibility index (Phi) is 7.39. The lowest BCUT2D eigenvalue weighted by Gasteiger charge is -2.12. The molecule has 0 radical (unpaired) electrons. The molecule has 0 bridgehead atoms. The van der Waals surface area contributed by atoms with Gasteiger partial charge in [0, 0.05) is 13.2 Å². The molecule has 1 amide bonds. The molecule has 1 rings (SSSR count). The van der Waals surface area contributed by atoms with Crippen molar-refractivity contribution in [2.24, 2.45) is 0 Å². The van der Waals surface area contributed by atoms with E-state index in [1.165, 1.54) is 27.4 Å². The molecule has 0 aliphatic rings. The number of hydrogen-bond donors (Lipinski definition) is 1. The number of carbonyl (C=O) groups is 1. The van der Waals surface area contributed by atoms with E-state index in [1.807, 2.05) is 6.07 Å². The molecule has 7 heteroatoms. The third-order valence-corrected chi connectivity index (χ3v) is 3.21. The van der Waals surface area contributed by atoms with E-state index in [9.17, 15) is 10.1 Å². The molecule has 1 atom stereocenters. The number of halogens is 1. The van der Waals surface area contributed by atoms with Crippen LogP contribution in [0.3, 0.4) is 0 Å². The third-order valence-electron chi connectivity index (χ3n) is 2.93. The van der Waals surface area contributed by atoms with Crippen LogP contribution in [0.5, 0.6) is 11.5 Å². The Hall–Kier alpha value is -2.23. The Morgan fingerprint density at radius 2 is 2.09 bits per heavy atom. The van der Waals surface area contributed by atoms with Gasteiger partial charge < -0.3 is 19.5 Å². The Bertz CT molecular complexity index is 638. The Morgan fingerprint density at radius 1 is 1.39 bits per heavy atom. The van der Waals surface area contributed by atoms with E-state index in [1.54, 1.807) is 19.1 Å². The van der Waals surface area contributed by atoms with Gasteiger partial charge in [-0.2, -0.15) is 5.26 Å². The van der Waals surface area contributed by atoms with Gasteiger partial charge >= 0.3 is 0 Å². The maximum absolute atomic E-state index is 12.1. The lowest BCUT2D eigenvalue weighted by atomic mass is 10.1. The highest BCUT2D eigenvalue weighted by Gasteiger charge is 2.14. The number of carbonyl (C=O) groups excluding carboxylic acids is 1. The van der Waals surface area contributed by atoms with Crippen LogP contribution < -0.4 is 14.8 Å². The molecule has 0 aliphatic carbocycles. The summed E-state index contributed by atoms with van der Waals surface area (Å²) >= 11 is 6.11. The van der Waals surface area contributed by atoms with Crippen molar-refractivity contribution in [1.29, 1.82) is 5.26 Å². The van der Waals surface area contributed by atoms with Crippen molar-refractivity contribution in [3.63, 3.8) is 0 Å². The third kappa shape index (κ3) is 5.16. The van der Waals surface area contributed by atoms with Crippen molar-refractivity contribution in [3.8, 4) is 17.6 Å². The van der Waals surface area contributed by atoms with E-state index in [0.29, 0.717) is 28.7 Å². The van der Waals surface area contributed by atoms with Crippen LogP contribution in [0.1, 0.15) is 12.5 Å². The minimum absolute atomic E-state index is 0.0451. The van der Waals surface area contributed by atoms with Crippen molar-refractivity contribution in [1.82, 2.24) is 5.32 Å². The molecule has 0 saturated carbocycles. The quantitative estimate of drug-likeness (QED) is 0.610. The van der Waals surface area contributed by atoms with Gasteiger partial charge in [0.2, 0.25) is 0 Å². The monoisotopic (exact) mass is 338 g/mol. The average Bonchev–Trinajstić information content (AvgIpc) is 2.51. The number of nitrogens with one attached hydrogen (secondary N) is 1. The Morgan fingerprint density at radius 3 is 2.61 bits per heavy atom. The van der Waals surface area contributed by atoms with Crippen molar-refractivity contribution in [3.05, 3.63) is 28.3 Å². The predicted octanol–water partition coefficient (Wildman–Crippen LogP) is 2.42. The second kappa shape index (κ2) is 9.03. The van der Waals surface area contributed by atoms with E-state index in [0.717, 1.165) is 0 Å². The molecular formula is C16H19ClN2O4. The Balaban J connectivity index is 3.09. The zero-order valence-corrected chi connectivity index (χ0v) is 14.2. The molecule has 124 valence electrons. The summed E-state index contributed by atoms with van der Waals surface area (Å²) in [4.78, 5) is 12.1. The van der Waals surface area contributed by atoms with Gasteiger partial charge in [0.1, 0.15) is 11.6 Å². The second-order valence-electron chi connectivity index (χ2n) is 4.74. The summed E-state index contributed by atoms with van der Waals surface area (Å²) in [7, 11) is 4.49. The van der Waals surface area contributed by atoms with Crippen molar-refractivity contribution < 1.29 is 19.0 Å². The fourth-order valence-electron chi connectivity index (χ4n) is 1.93. The van der Waals surface area contributed by atoms with E-state index in [2.05, 4.69) is 5.32 Å². The van der Waals surface area contributed by atoms with Gasteiger partial charge in [-0.3, -0.25) is 4.79 Å². The van der Waals surface area contributed by atoms with Crippen LogP contribution >= 0.6 is 11.6 Å². The summed E-state index contributed by atoms with van der Waals surface area (Å²) in [6.45, 7) is 2.14. The minimum Gasteiger partial charge on any atom is -0.493 e. The van der Waals surface area contributed by atoms with Crippen LogP contribution in [-0.2, 0) is 9.53 Å². The Labute approximate surface area is 140 Å². The van der Waals surface area contributed by atoms with Crippen molar-refractivity contribution in [2.75, 3.05) is 27.9 Å². The average molecular weight is 339 g/mol. The molecule has 0 saturated heterocycles. The zero-order valence-electron chi connectivity index (χ0n) is 13.5. The van der Waals surface area contributed by atoms with Gasteiger partial charge in [0.25, 0.3) is 5.91 Å². The number of amides is 1. The van der Waals surface area contributed by atoms with Crippen LogP contribution in [-0.4, -0.2) is 39.9 Å². The summed E-state index contributed by atoms with van der Waals surface area (Å²) < 4.78 is 15.3. The van der Waals surface area contributed by atoms with Crippen molar-refractivity contribution in [2.45, 2.75) is 13.0 Å². The van der Waals surface area contributed by atoms with E-state index < -0.39 is 5.91 Å². The molecule has 6 nitrogen and oxygen atoms in total. The summed E-state index contributed by atoms with van der Waals surface area (Å²) in [5.41, 5.74) is 0.509. The summed E-state index contributed by atoms with van der Waals surface area (Å²) in [5, 5.41) is 12.2. The van der Waals surface area contributed by atoms with Crippen LogP contribution in [0.4, 0.5) is 0 Å². The van der Waals surface area contributed by atoms with Gasteiger partial charge in [-0.05, 0) is 30.7 Å². The summed E-state index contributed by atoms with van der Waals surface area (Å²) in [5.74, 6) is 0.322. The molecular weight excluding hydrogens is 320 g/mol. The number of rotatable bonds is 7. The van der Waals surface area contributed by atoms with E-state index in [4.69, 9.17) is 25.8 Å². The maximum atomic E-state index is 12.1. The number of nitriles is 1. The lowest BCUT2D eigenvalue weighted by Crippen LogP contribution is -2.36. The smallest absolute Gasteiger partial charge is 0.262 e. The SMILES string of the molecule is COC[C@H](C)NC(=O)/C(C#N)=C\c1cc(Cl)c(OC)c(OC)c1. The standard InChI is InChI=1S/C16H19ClN2O4/c1-10(9-21-2)19-16(20)12(8-18)5-11-6-13(17)15(23-4)14(7-11)22-3/h5-7,10H,9H2,1-4H3,(H,19,20)/b12-5-/t10-/m0/s1. The molecule has 0 heterocycles. The minimum atomic E-state index is -0.483. The first-order valence-corrected chi connectivity index (χ1v) is 7.17. The molecule has 0 aromatic heterocycles. The number of hydrogen-bond acceptors (Lipinski definition) is 5. The molecule has 0 fully saturated rings. The number of nitrogens with zero attached hydrogens (tertiary/aromatic N) is 1. The van der Waals surface area contributed by atoms with Crippen LogP contribution in [0, 0.1) is 11.3 Å². The highest BCUT2D eigenvalue weighted by atomic mass is 35.5. The normalized spacial score (nSPS) is 12.3. The zero-order chi connectivity index (χ0) is 17.4. The van der Waals surface area contributed by atoms with Crippen LogP contribution in [0.2, 0.25) is 5.02 Å². The molecule has 0 aliphatic heterocycles. The first kappa shape index (κ1) is 18.8. The first-order valence-electron chi connectivity index (χ1n) is 6.79. The van der Waals surface area contributed by atoms with E-state index >= 15 is 0 Å². The van der Waals surface area contributed by atoms with Gasteiger partial charge in [0.15, 0.2) is 11.5 Å². The van der Waals surface area contributed by atoms with Gasteiger partial charge in [-0.1, -0.05) is 11.6 Å². The lowest BCUT2D eigenvalue weighted by molar-refractivity contribution is -0.117. The van der Waals surface area contributed by atoms with E-state index in [-0.39, 0.29) is 11.6 Å². The van der Waals surface area contributed by atoms with Crippen LogP contribution in [0.25, 0.3) is 6.08 Å². The highest BCUT2D eigenvalue weighted by Crippen LogP contribution is 2.36. The number of benzene rings is 1. The first-order chi connectivity index (χ1) is 11.0. The largest absolute Gasteiger partial charge is 0.493 e. The topological polar surface area (TPSA) is 80.6 Å². The molecule has 0 spiro atoms. The molecule has 1 aromatic rings. The molecule has 1 aromatic carbocycles. The van der Waals surface area contributed by atoms with Gasteiger partial charge in [-0.15, -0.1) is 0 Å². The van der Waals surface area contributed by atoms with Gasteiger partial charge in [-0.25, -0.2) is 0 Å². The molecule has 0 unspecified atom stereocenters. The summed E-state index contributed by atoms with van der Waals surface area (Å²) in [6, 6.07) is 4.89. The van der Waals surface area contributed by atoms with Gasteiger partial charge in [0.05, 0.1) is 25.8 Å². The maximum Gasteiger partial charge on any atom is 0.262 e. The fourth-order valence-corrected chi connectivity index (χ4v) is 2.23. The predicted molar refractivity (Wildman–Crippen MR) is 87.6 cm³/mol. The second-order valence-corrected chi connectivity index (χ2v) is 5.15. The molecule has 23 heavy (non-hydrogen) atoms. The fraction of sp³-hybridized carbons (Fsp3) is 0.375. The molecule has 1 N–H and O–H groups in total. The number of ether oxygens (including phenoxy) is 3. The number of methoxy groups -OCH3 is 3. The summed E-state index contributed by atoms with van der Waals surface area (Å²) in [6.07, 6.45) is 1.43. The van der Waals surface area contributed by atoms with Crippen molar-refractivity contribution >= 4 is 23.6 Å². The van der Waals surface area contributed by atoms with Crippen LogP contribution in [0.15, 0.2) is 17.7 Å². The highest BCUT2D eigenvalue weighted by molar-refractivity contribution is 6.32.